The maximum Gasteiger partial charge on any atom is 0.181 e. The van der Waals surface area contributed by atoms with E-state index in [2.05, 4.69) is 11.9 Å². The highest BCUT2D eigenvalue weighted by molar-refractivity contribution is 5.94. The van der Waals surface area contributed by atoms with Crippen molar-refractivity contribution >= 4 is 11.5 Å². The predicted octanol–water partition coefficient (Wildman–Crippen LogP) is 3.83. The first kappa shape index (κ1) is 14.1. The number of anilines is 1. The number of rotatable bonds is 6. The van der Waals surface area contributed by atoms with Gasteiger partial charge in [0.2, 0.25) is 0 Å². The highest BCUT2D eigenvalue weighted by Gasteiger charge is 2.08. The first-order valence-corrected chi connectivity index (χ1v) is 6.71. The van der Waals surface area contributed by atoms with Crippen LogP contribution in [0.3, 0.4) is 0 Å². The van der Waals surface area contributed by atoms with Crippen molar-refractivity contribution in [3.05, 3.63) is 48.3 Å². The Bertz CT molecular complexity index is 579. The van der Waals surface area contributed by atoms with Crippen molar-refractivity contribution in [2.75, 3.05) is 5.73 Å². The standard InChI is InChI=1S/C16H18N2O2/c1-2-3-4-16(19)15-11-14(9-10-18-15)20-13-7-5-12(17)6-8-13/h5-11H,2-4,17H2,1H3. The van der Waals surface area contributed by atoms with Crippen LogP contribution in [-0.4, -0.2) is 10.8 Å². The molecular formula is C16H18N2O2. The van der Waals surface area contributed by atoms with Crippen molar-refractivity contribution in [3.8, 4) is 11.5 Å². The highest BCUT2D eigenvalue weighted by Crippen LogP contribution is 2.22. The number of carbonyl (C=O) groups excluding carboxylic acids is 1. The van der Waals surface area contributed by atoms with Crippen LogP contribution < -0.4 is 10.5 Å². The second-order valence-corrected chi connectivity index (χ2v) is 4.57. The second-order valence-electron chi connectivity index (χ2n) is 4.57. The summed E-state index contributed by atoms with van der Waals surface area (Å²) >= 11 is 0. The Balaban J connectivity index is 2.09. The van der Waals surface area contributed by atoms with E-state index in [1.807, 2.05) is 0 Å². The van der Waals surface area contributed by atoms with Crippen molar-refractivity contribution in [3.63, 3.8) is 0 Å². The van der Waals surface area contributed by atoms with Crippen molar-refractivity contribution in [1.82, 2.24) is 4.98 Å². The average molecular weight is 270 g/mol. The smallest absolute Gasteiger partial charge is 0.181 e. The van der Waals surface area contributed by atoms with E-state index in [9.17, 15) is 4.79 Å². The number of hydrogen-bond acceptors (Lipinski definition) is 4. The van der Waals surface area contributed by atoms with Gasteiger partial charge in [-0.1, -0.05) is 13.3 Å². The SMILES string of the molecule is CCCCC(=O)c1cc(Oc2ccc(N)cc2)ccn1. The van der Waals surface area contributed by atoms with Crippen LogP contribution in [0, 0.1) is 0 Å². The summed E-state index contributed by atoms with van der Waals surface area (Å²) in [6, 6.07) is 10.5. The molecule has 2 rings (SSSR count). The zero-order valence-electron chi connectivity index (χ0n) is 11.5. The molecule has 0 atom stereocenters. The summed E-state index contributed by atoms with van der Waals surface area (Å²) in [7, 11) is 0. The van der Waals surface area contributed by atoms with Gasteiger partial charge in [0.05, 0.1) is 0 Å². The summed E-state index contributed by atoms with van der Waals surface area (Å²) in [6.45, 7) is 2.06. The summed E-state index contributed by atoms with van der Waals surface area (Å²) in [5.74, 6) is 1.33. The number of nitrogen functional groups attached to an aromatic ring is 1. The molecule has 2 aromatic rings. The molecule has 4 heteroatoms. The summed E-state index contributed by atoms with van der Waals surface area (Å²) < 4.78 is 5.68. The predicted molar refractivity (Wildman–Crippen MR) is 79.0 cm³/mol. The molecule has 0 aliphatic rings. The largest absolute Gasteiger partial charge is 0.457 e. The van der Waals surface area contributed by atoms with Gasteiger partial charge in [0.25, 0.3) is 0 Å². The Morgan fingerprint density at radius 2 is 1.95 bits per heavy atom. The first-order valence-electron chi connectivity index (χ1n) is 6.71. The Hall–Kier alpha value is -2.36. The number of nitrogens with two attached hydrogens (primary N) is 1. The number of ether oxygens (including phenoxy) is 1. The minimum atomic E-state index is 0.0506. The van der Waals surface area contributed by atoms with Gasteiger partial charge >= 0.3 is 0 Å². The van der Waals surface area contributed by atoms with Crippen LogP contribution in [0.1, 0.15) is 36.7 Å². The topological polar surface area (TPSA) is 65.2 Å². The molecule has 0 radical (unpaired) electrons. The van der Waals surface area contributed by atoms with Gasteiger partial charge in [-0.2, -0.15) is 0 Å². The van der Waals surface area contributed by atoms with Gasteiger partial charge in [-0.15, -0.1) is 0 Å². The lowest BCUT2D eigenvalue weighted by Gasteiger charge is -2.07. The zero-order chi connectivity index (χ0) is 14.4. The molecule has 2 N–H and O–H groups in total. The molecule has 0 amide bonds. The average Bonchev–Trinajstić information content (AvgIpc) is 2.47. The number of nitrogens with zero attached hydrogens (tertiary/aromatic N) is 1. The van der Waals surface area contributed by atoms with Crippen LogP contribution >= 0.6 is 0 Å². The minimum absolute atomic E-state index is 0.0506. The van der Waals surface area contributed by atoms with Crippen molar-refractivity contribution < 1.29 is 9.53 Å². The minimum Gasteiger partial charge on any atom is -0.457 e. The lowest BCUT2D eigenvalue weighted by Crippen LogP contribution is -2.02. The molecule has 0 spiro atoms. The van der Waals surface area contributed by atoms with E-state index in [0.29, 0.717) is 29.3 Å². The van der Waals surface area contributed by atoms with E-state index in [-0.39, 0.29) is 5.78 Å². The summed E-state index contributed by atoms with van der Waals surface area (Å²) in [5.41, 5.74) is 6.75. The van der Waals surface area contributed by atoms with Crippen LogP contribution in [0.15, 0.2) is 42.6 Å². The number of ketones is 1. The number of pyridine rings is 1. The van der Waals surface area contributed by atoms with E-state index in [0.717, 1.165) is 12.8 Å². The lowest BCUT2D eigenvalue weighted by atomic mass is 10.1. The van der Waals surface area contributed by atoms with Crippen LogP contribution in [0.2, 0.25) is 0 Å². The van der Waals surface area contributed by atoms with Gasteiger partial charge in [-0.05, 0) is 36.8 Å². The molecule has 0 aliphatic carbocycles. The Kier molecular flexibility index (Phi) is 4.71. The molecule has 0 aliphatic heterocycles. The van der Waals surface area contributed by atoms with Crippen LogP contribution in [0.4, 0.5) is 5.69 Å². The fourth-order valence-electron chi connectivity index (χ4n) is 1.76. The molecule has 1 aromatic heterocycles. The van der Waals surface area contributed by atoms with Gasteiger partial charge in [0, 0.05) is 24.4 Å². The number of unbranched alkanes of at least 4 members (excludes halogenated alkanes) is 1. The number of carbonyl (C=O) groups is 1. The second kappa shape index (κ2) is 6.70. The quantitative estimate of drug-likeness (QED) is 0.640. The maximum absolute atomic E-state index is 11.9. The molecule has 1 heterocycles. The fourth-order valence-corrected chi connectivity index (χ4v) is 1.76. The van der Waals surface area contributed by atoms with E-state index in [1.54, 1.807) is 42.6 Å². The Labute approximate surface area is 118 Å². The van der Waals surface area contributed by atoms with E-state index in [4.69, 9.17) is 10.5 Å². The molecule has 0 bridgehead atoms. The number of benzene rings is 1. The van der Waals surface area contributed by atoms with E-state index in [1.165, 1.54) is 0 Å². The summed E-state index contributed by atoms with van der Waals surface area (Å²) in [4.78, 5) is 16.0. The Morgan fingerprint density at radius 3 is 2.65 bits per heavy atom. The lowest BCUT2D eigenvalue weighted by molar-refractivity contribution is 0.0974. The van der Waals surface area contributed by atoms with Crippen LogP contribution in [-0.2, 0) is 0 Å². The van der Waals surface area contributed by atoms with Crippen molar-refractivity contribution in [2.24, 2.45) is 0 Å². The maximum atomic E-state index is 11.9. The van der Waals surface area contributed by atoms with Gasteiger partial charge in [0.1, 0.15) is 17.2 Å². The van der Waals surface area contributed by atoms with Gasteiger partial charge in [-0.3, -0.25) is 9.78 Å². The van der Waals surface area contributed by atoms with Crippen molar-refractivity contribution in [1.29, 1.82) is 0 Å². The first-order chi connectivity index (χ1) is 9.69. The monoisotopic (exact) mass is 270 g/mol. The third-order valence-corrected chi connectivity index (χ3v) is 2.89. The number of hydrogen-bond donors (Lipinski definition) is 1. The van der Waals surface area contributed by atoms with E-state index < -0.39 is 0 Å². The summed E-state index contributed by atoms with van der Waals surface area (Å²) in [6.07, 6.45) is 3.98. The van der Waals surface area contributed by atoms with Crippen LogP contribution in [0.25, 0.3) is 0 Å². The third-order valence-electron chi connectivity index (χ3n) is 2.89. The normalized spacial score (nSPS) is 10.2. The fraction of sp³-hybridized carbons (Fsp3) is 0.250. The van der Waals surface area contributed by atoms with Crippen molar-refractivity contribution in [2.45, 2.75) is 26.2 Å². The molecule has 0 unspecified atom stereocenters. The van der Waals surface area contributed by atoms with Gasteiger partial charge in [0.15, 0.2) is 5.78 Å². The Morgan fingerprint density at radius 1 is 1.20 bits per heavy atom. The zero-order valence-corrected chi connectivity index (χ0v) is 11.5. The molecule has 20 heavy (non-hydrogen) atoms. The summed E-state index contributed by atoms with van der Waals surface area (Å²) in [5, 5.41) is 0. The number of Topliss-reactive ketones (excluding diaryl/α,β-unsaturated/α-hetero) is 1. The third kappa shape index (κ3) is 3.82. The van der Waals surface area contributed by atoms with Crippen LogP contribution in [0.5, 0.6) is 11.5 Å². The van der Waals surface area contributed by atoms with Gasteiger partial charge < -0.3 is 10.5 Å². The van der Waals surface area contributed by atoms with E-state index >= 15 is 0 Å². The molecule has 4 nitrogen and oxygen atoms in total. The number of aromatic nitrogens is 1. The molecule has 0 saturated carbocycles. The molecule has 1 aromatic carbocycles. The highest BCUT2D eigenvalue weighted by atomic mass is 16.5. The molecular weight excluding hydrogens is 252 g/mol. The van der Waals surface area contributed by atoms with Gasteiger partial charge in [-0.25, -0.2) is 0 Å². The molecule has 104 valence electrons. The molecule has 0 saturated heterocycles. The molecule has 0 fully saturated rings.